The minimum absolute atomic E-state index is 0.0599. The Labute approximate surface area is 170 Å². The second-order valence-electron chi connectivity index (χ2n) is 7.89. The Balaban J connectivity index is 1.66. The second-order valence-corrected chi connectivity index (χ2v) is 7.89. The second kappa shape index (κ2) is 8.74. The lowest BCUT2D eigenvalue weighted by atomic mass is 9.92. The van der Waals surface area contributed by atoms with Crippen LogP contribution in [0.2, 0.25) is 0 Å². The molecule has 0 radical (unpaired) electrons. The van der Waals surface area contributed by atoms with Crippen LogP contribution in [0.1, 0.15) is 55.0 Å². The molecular weight excluding hydrogens is 371 g/mol. The molecule has 2 aromatic rings. The van der Waals surface area contributed by atoms with Crippen LogP contribution >= 0.6 is 0 Å². The van der Waals surface area contributed by atoms with Gasteiger partial charge in [-0.3, -0.25) is 9.59 Å². The molecule has 3 rings (SSSR count). The van der Waals surface area contributed by atoms with Gasteiger partial charge in [0, 0.05) is 20.0 Å². The van der Waals surface area contributed by atoms with Gasteiger partial charge >= 0.3 is 0 Å². The third-order valence-electron chi connectivity index (χ3n) is 5.59. The van der Waals surface area contributed by atoms with Gasteiger partial charge in [0.25, 0.3) is 0 Å². The Morgan fingerprint density at radius 3 is 2.31 bits per heavy atom. The molecule has 3 atom stereocenters. The van der Waals surface area contributed by atoms with Gasteiger partial charge in [-0.25, -0.2) is 4.39 Å². The maximum atomic E-state index is 13.3. The largest absolute Gasteiger partial charge is 0.387 e. The molecule has 0 saturated carbocycles. The average molecular weight is 398 g/mol. The molecule has 1 fully saturated rings. The molecule has 2 amide bonds. The lowest BCUT2D eigenvalue weighted by Crippen LogP contribution is -2.36. The van der Waals surface area contributed by atoms with Gasteiger partial charge in [-0.15, -0.1) is 0 Å². The lowest BCUT2D eigenvalue weighted by molar-refractivity contribution is -0.128. The van der Waals surface area contributed by atoms with Gasteiger partial charge < -0.3 is 15.3 Å². The highest BCUT2D eigenvalue weighted by molar-refractivity contribution is 5.90. The predicted octanol–water partition coefficient (Wildman–Crippen LogP) is 3.32. The van der Waals surface area contributed by atoms with Crippen LogP contribution in [0.5, 0.6) is 0 Å². The number of amides is 2. The molecule has 6 heteroatoms. The van der Waals surface area contributed by atoms with E-state index in [4.69, 9.17) is 0 Å². The summed E-state index contributed by atoms with van der Waals surface area (Å²) in [6.45, 7) is 4.26. The molecule has 0 aromatic heterocycles. The van der Waals surface area contributed by atoms with Gasteiger partial charge in [-0.1, -0.05) is 50.2 Å². The number of likely N-dealkylation sites (tertiary alicyclic amines) is 1. The third-order valence-corrected chi connectivity index (χ3v) is 5.59. The van der Waals surface area contributed by atoms with Crippen molar-refractivity contribution in [2.45, 2.75) is 38.3 Å². The first-order chi connectivity index (χ1) is 13.8. The summed E-state index contributed by atoms with van der Waals surface area (Å²) >= 11 is 0. The molecule has 1 aliphatic heterocycles. The van der Waals surface area contributed by atoms with E-state index in [1.54, 1.807) is 19.2 Å². The molecule has 1 heterocycles. The third kappa shape index (κ3) is 4.65. The fourth-order valence-electron chi connectivity index (χ4n) is 3.77. The van der Waals surface area contributed by atoms with Gasteiger partial charge in [0.1, 0.15) is 5.82 Å². The number of carbonyl (C=O) groups is 2. The monoisotopic (exact) mass is 398 g/mol. The van der Waals surface area contributed by atoms with Crippen LogP contribution in [0.15, 0.2) is 48.5 Å². The van der Waals surface area contributed by atoms with Gasteiger partial charge in [0.2, 0.25) is 11.8 Å². The smallest absolute Gasteiger partial charge is 0.226 e. The Kier molecular flexibility index (Phi) is 6.33. The van der Waals surface area contributed by atoms with E-state index in [0.717, 1.165) is 5.56 Å². The maximum Gasteiger partial charge on any atom is 0.226 e. The number of aliphatic hydroxyl groups is 1. The fourth-order valence-corrected chi connectivity index (χ4v) is 3.77. The Hall–Kier alpha value is -2.73. The summed E-state index contributed by atoms with van der Waals surface area (Å²) in [7, 11) is 1.65. The van der Waals surface area contributed by atoms with E-state index in [-0.39, 0.29) is 30.6 Å². The molecule has 1 saturated heterocycles. The van der Waals surface area contributed by atoms with E-state index in [2.05, 4.69) is 19.2 Å². The molecule has 0 spiro atoms. The Bertz CT molecular complexity index is 865. The van der Waals surface area contributed by atoms with Gasteiger partial charge in [-0.2, -0.15) is 0 Å². The first-order valence-electron chi connectivity index (χ1n) is 9.84. The van der Waals surface area contributed by atoms with E-state index in [9.17, 15) is 19.1 Å². The van der Waals surface area contributed by atoms with Crippen molar-refractivity contribution < 1.29 is 19.1 Å². The number of nitrogens with one attached hydrogen (secondary N) is 1. The predicted molar refractivity (Wildman–Crippen MR) is 109 cm³/mol. The number of hydrogen-bond acceptors (Lipinski definition) is 3. The van der Waals surface area contributed by atoms with Crippen molar-refractivity contribution in [3.8, 4) is 0 Å². The molecule has 154 valence electrons. The molecule has 1 aliphatic rings. The summed E-state index contributed by atoms with van der Waals surface area (Å²) in [6.07, 6.45) is -0.747. The molecular formula is C23H27FN2O3. The van der Waals surface area contributed by atoms with Gasteiger partial charge in [-0.05, 0) is 34.7 Å². The molecule has 0 bridgehead atoms. The van der Waals surface area contributed by atoms with E-state index in [1.165, 1.54) is 22.6 Å². The lowest BCUT2D eigenvalue weighted by Gasteiger charge is -2.25. The van der Waals surface area contributed by atoms with Crippen molar-refractivity contribution >= 4 is 11.8 Å². The maximum absolute atomic E-state index is 13.3. The van der Waals surface area contributed by atoms with Crippen molar-refractivity contribution in [3.63, 3.8) is 0 Å². The zero-order valence-corrected chi connectivity index (χ0v) is 16.9. The minimum Gasteiger partial charge on any atom is -0.387 e. The molecule has 5 nitrogen and oxygen atoms in total. The van der Waals surface area contributed by atoms with E-state index < -0.39 is 18.1 Å². The molecule has 0 aliphatic carbocycles. The van der Waals surface area contributed by atoms with Gasteiger partial charge in [0.15, 0.2) is 0 Å². The SMILES string of the molecule is CC(C)c1ccc(C(O)CNC(=O)C2CC(=O)N(C)C2c2ccc(F)cc2)cc1. The number of hydrogen-bond donors (Lipinski definition) is 2. The van der Waals surface area contributed by atoms with Crippen LogP contribution < -0.4 is 5.32 Å². The number of aliphatic hydroxyl groups excluding tert-OH is 1. The highest BCUT2D eigenvalue weighted by atomic mass is 19.1. The van der Waals surface area contributed by atoms with Crippen LogP contribution in [0.25, 0.3) is 0 Å². The number of benzene rings is 2. The summed E-state index contributed by atoms with van der Waals surface area (Å²) in [5.74, 6) is -0.984. The highest BCUT2D eigenvalue weighted by Gasteiger charge is 2.42. The summed E-state index contributed by atoms with van der Waals surface area (Å²) in [6, 6.07) is 13.1. The summed E-state index contributed by atoms with van der Waals surface area (Å²) in [5.41, 5.74) is 2.62. The first kappa shape index (κ1) is 21.0. The Morgan fingerprint density at radius 1 is 1.14 bits per heavy atom. The fraction of sp³-hybridized carbons (Fsp3) is 0.391. The van der Waals surface area contributed by atoms with Crippen molar-refractivity contribution in [2.75, 3.05) is 13.6 Å². The standard InChI is InChI=1S/C23H27FN2O3/c1-14(2)15-4-6-16(7-5-15)20(27)13-25-23(29)19-12-21(28)26(3)22(19)17-8-10-18(24)11-9-17/h4-11,14,19-20,22,27H,12-13H2,1-3H3,(H,25,29). The molecule has 2 N–H and O–H groups in total. The molecule has 2 aromatic carbocycles. The number of halogens is 1. The first-order valence-corrected chi connectivity index (χ1v) is 9.84. The zero-order chi connectivity index (χ0) is 21.1. The summed E-state index contributed by atoms with van der Waals surface area (Å²) < 4.78 is 13.3. The highest BCUT2D eigenvalue weighted by Crippen LogP contribution is 2.37. The summed E-state index contributed by atoms with van der Waals surface area (Å²) in [5, 5.41) is 13.2. The van der Waals surface area contributed by atoms with E-state index in [0.29, 0.717) is 11.5 Å². The van der Waals surface area contributed by atoms with Crippen LogP contribution in [-0.4, -0.2) is 35.4 Å². The molecule has 3 unspecified atom stereocenters. The van der Waals surface area contributed by atoms with Crippen LogP contribution in [-0.2, 0) is 9.59 Å². The number of rotatable bonds is 6. The summed E-state index contributed by atoms with van der Waals surface area (Å²) in [4.78, 5) is 26.5. The number of carbonyl (C=O) groups excluding carboxylic acids is 2. The molecule has 29 heavy (non-hydrogen) atoms. The van der Waals surface area contributed by atoms with Crippen molar-refractivity contribution in [3.05, 3.63) is 71.0 Å². The topological polar surface area (TPSA) is 69.6 Å². The zero-order valence-electron chi connectivity index (χ0n) is 16.9. The van der Waals surface area contributed by atoms with Crippen LogP contribution in [0, 0.1) is 11.7 Å². The van der Waals surface area contributed by atoms with E-state index in [1.807, 2.05) is 24.3 Å². The van der Waals surface area contributed by atoms with Crippen molar-refractivity contribution in [1.29, 1.82) is 0 Å². The average Bonchev–Trinajstić information content (AvgIpc) is 3.01. The quantitative estimate of drug-likeness (QED) is 0.784. The number of nitrogens with zero attached hydrogens (tertiary/aromatic N) is 1. The van der Waals surface area contributed by atoms with Crippen molar-refractivity contribution in [1.82, 2.24) is 10.2 Å². The normalized spacial score (nSPS) is 20.2. The van der Waals surface area contributed by atoms with Crippen molar-refractivity contribution in [2.24, 2.45) is 5.92 Å². The van der Waals surface area contributed by atoms with Crippen LogP contribution in [0.4, 0.5) is 4.39 Å². The van der Waals surface area contributed by atoms with Crippen LogP contribution in [0.3, 0.4) is 0 Å². The Morgan fingerprint density at radius 2 is 1.72 bits per heavy atom. The van der Waals surface area contributed by atoms with Gasteiger partial charge in [0.05, 0.1) is 18.1 Å². The van der Waals surface area contributed by atoms with E-state index >= 15 is 0 Å². The minimum atomic E-state index is -0.834.